The Balaban J connectivity index is 1.99. The molecule has 2 aromatic rings. The Kier molecular flexibility index (Phi) is 7.06. The first-order valence-electron chi connectivity index (χ1n) is 8.55. The molecule has 0 fully saturated rings. The Morgan fingerprint density at radius 1 is 1.29 bits per heavy atom. The van der Waals surface area contributed by atoms with Gasteiger partial charge in [-0.1, -0.05) is 23.7 Å². The highest BCUT2D eigenvalue weighted by atomic mass is 35.5. The summed E-state index contributed by atoms with van der Waals surface area (Å²) < 4.78 is 42.6. The van der Waals surface area contributed by atoms with Gasteiger partial charge in [0.15, 0.2) is 0 Å². The molecule has 0 saturated heterocycles. The predicted molar refractivity (Wildman–Crippen MR) is 106 cm³/mol. The van der Waals surface area contributed by atoms with Crippen LogP contribution in [0.25, 0.3) is 0 Å². The average Bonchev–Trinajstić information content (AvgIpc) is 2.59. The van der Waals surface area contributed by atoms with Gasteiger partial charge in [0.05, 0.1) is 9.92 Å². The van der Waals surface area contributed by atoms with E-state index < -0.39 is 27.5 Å². The highest BCUT2D eigenvalue weighted by Crippen LogP contribution is 2.26. The molecule has 0 heterocycles. The van der Waals surface area contributed by atoms with Crippen molar-refractivity contribution >= 4 is 21.6 Å². The molecule has 0 aliphatic heterocycles. The minimum Gasteiger partial charge on any atom is -0.489 e. The average molecular weight is 431 g/mol. The number of aliphatic hydroxyl groups is 1. The number of benzene rings is 2. The molecule has 2 rings (SSSR count). The Hall–Kier alpha value is -1.71. The number of aliphatic hydroxyl groups excluding tert-OH is 1. The third-order valence-corrected chi connectivity index (χ3v) is 5.46. The second kappa shape index (κ2) is 8.75. The SMILES string of the molecule is Cc1ccc(Cl)c(OC[C@H](O)CNC(C)(C)c2ccc(S(N)(=O)=O)cc2F)c1. The van der Waals surface area contributed by atoms with Gasteiger partial charge in [0.1, 0.15) is 24.3 Å². The number of rotatable bonds is 8. The molecule has 0 spiro atoms. The van der Waals surface area contributed by atoms with Crippen LogP contribution >= 0.6 is 11.6 Å². The second-order valence-electron chi connectivity index (χ2n) is 7.09. The molecule has 0 unspecified atom stereocenters. The van der Waals surface area contributed by atoms with Crippen molar-refractivity contribution in [3.05, 3.63) is 58.4 Å². The predicted octanol–water partition coefficient (Wildman–Crippen LogP) is 2.70. The molecular weight excluding hydrogens is 407 g/mol. The topological polar surface area (TPSA) is 102 Å². The normalized spacial score (nSPS) is 13.4. The van der Waals surface area contributed by atoms with E-state index in [1.807, 2.05) is 13.0 Å². The van der Waals surface area contributed by atoms with Gasteiger partial charge in [-0.2, -0.15) is 0 Å². The van der Waals surface area contributed by atoms with Crippen LogP contribution in [0.4, 0.5) is 4.39 Å². The minimum absolute atomic E-state index is 0.000902. The Labute approximate surface area is 169 Å². The molecule has 0 amide bonds. The van der Waals surface area contributed by atoms with E-state index in [-0.39, 0.29) is 23.6 Å². The molecule has 0 saturated carbocycles. The summed E-state index contributed by atoms with van der Waals surface area (Å²) in [5, 5.41) is 18.7. The molecule has 4 N–H and O–H groups in total. The zero-order valence-corrected chi connectivity index (χ0v) is 17.4. The van der Waals surface area contributed by atoms with Crippen LogP contribution in [0.3, 0.4) is 0 Å². The molecule has 9 heteroatoms. The summed E-state index contributed by atoms with van der Waals surface area (Å²) in [5.74, 6) is -0.231. The zero-order valence-electron chi connectivity index (χ0n) is 15.9. The summed E-state index contributed by atoms with van der Waals surface area (Å²) in [4.78, 5) is -0.298. The maximum absolute atomic E-state index is 14.4. The van der Waals surface area contributed by atoms with Crippen molar-refractivity contribution < 1.29 is 22.7 Å². The van der Waals surface area contributed by atoms with Crippen LogP contribution in [0, 0.1) is 12.7 Å². The molecule has 0 radical (unpaired) electrons. The van der Waals surface area contributed by atoms with Gasteiger partial charge in [-0.25, -0.2) is 17.9 Å². The standard InChI is InChI=1S/C19H24ClFN2O4S/c1-12-4-7-16(20)18(8-12)27-11-13(24)10-23-19(2,3)15-6-5-14(9-17(15)21)28(22,25)26/h4-9,13,23-24H,10-11H2,1-3H3,(H2,22,25,26)/t13-/m1/s1. The van der Waals surface area contributed by atoms with Gasteiger partial charge in [-0.05, 0) is 50.6 Å². The lowest BCUT2D eigenvalue weighted by Crippen LogP contribution is -2.43. The summed E-state index contributed by atoms with van der Waals surface area (Å²) in [6.45, 7) is 5.45. The van der Waals surface area contributed by atoms with E-state index in [1.54, 1.807) is 26.0 Å². The number of aryl methyl sites for hydroxylation is 1. The van der Waals surface area contributed by atoms with Crippen molar-refractivity contribution in [3.8, 4) is 5.75 Å². The van der Waals surface area contributed by atoms with Gasteiger partial charge >= 0.3 is 0 Å². The Morgan fingerprint density at radius 2 is 1.96 bits per heavy atom. The molecular formula is C19H24ClFN2O4S. The van der Waals surface area contributed by atoms with E-state index in [9.17, 15) is 17.9 Å². The van der Waals surface area contributed by atoms with Gasteiger partial charge in [0.25, 0.3) is 0 Å². The summed E-state index contributed by atoms with van der Waals surface area (Å²) in [6.07, 6.45) is -0.873. The number of nitrogens with one attached hydrogen (secondary N) is 1. The molecule has 1 atom stereocenters. The first-order valence-corrected chi connectivity index (χ1v) is 10.5. The largest absolute Gasteiger partial charge is 0.489 e. The maximum atomic E-state index is 14.4. The minimum atomic E-state index is -3.98. The van der Waals surface area contributed by atoms with Crippen molar-refractivity contribution in [2.75, 3.05) is 13.2 Å². The fourth-order valence-electron chi connectivity index (χ4n) is 2.61. The smallest absolute Gasteiger partial charge is 0.238 e. The van der Waals surface area contributed by atoms with E-state index in [2.05, 4.69) is 5.32 Å². The van der Waals surface area contributed by atoms with Crippen molar-refractivity contribution in [2.45, 2.75) is 37.3 Å². The molecule has 0 aromatic heterocycles. The second-order valence-corrected chi connectivity index (χ2v) is 9.06. The van der Waals surface area contributed by atoms with Crippen LogP contribution < -0.4 is 15.2 Å². The molecule has 0 aliphatic rings. The van der Waals surface area contributed by atoms with E-state index >= 15 is 0 Å². The molecule has 0 aliphatic carbocycles. The summed E-state index contributed by atoms with van der Waals surface area (Å²) in [7, 11) is -3.98. The number of ether oxygens (including phenoxy) is 1. The van der Waals surface area contributed by atoms with Crippen molar-refractivity contribution in [2.24, 2.45) is 5.14 Å². The molecule has 154 valence electrons. The Bertz CT molecular complexity index is 951. The third kappa shape index (κ3) is 5.89. The molecule has 2 aromatic carbocycles. The number of hydrogen-bond acceptors (Lipinski definition) is 5. The van der Waals surface area contributed by atoms with Crippen molar-refractivity contribution in [1.82, 2.24) is 5.32 Å². The van der Waals surface area contributed by atoms with Gasteiger partial charge in [0.2, 0.25) is 10.0 Å². The van der Waals surface area contributed by atoms with Crippen molar-refractivity contribution in [3.63, 3.8) is 0 Å². The number of hydrogen-bond donors (Lipinski definition) is 3. The van der Waals surface area contributed by atoms with Crippen LogP contribution in [-0.2, 0) is 15.6 Å². The molecule has 28 heavy (non-hydrogen) atoms. The van der Waals surface area contributed by atoms with E-state index in [0.29, 0.717) is 10.8 Å². The van der Waals surface area contributed by atoms with E-state index in [0.717, 1.165) is 11.6 Å². The van der Waals surface area contributed by atoms with Crippen LogP contribution in [0.15, 0.2) is 41.3 Å². The number of nitrogens with two attached hydrogens (primary N) is 1. The molecule has 0 bridgehead atoms. The van der Waals surface area contributed by atoms with Crippen molar-refractivity contribution in [1.29, 1.82) is 0 Å². The fourth-order valence-corrected chi connectivity index (χ4v) is 3.31. The fraction of sp³-hybridized carbons (Fsp3) is 0.368. The first-order chi connectivity index (χ1) is 12.9. The lowest BCUT2D eigenvalue weighted by atomic mass is 9.93. The third-order valence-electron chi connectivity index (χ3n) is 4.24. The quantitative estimate of drug-likeness (QED) is 0.597. The highest BCUT2D eigenvalue weighted by molar-refractivity contribution is 7.89. The van der Waals surface area contributed by atoms with Crippen LogP contribution in [-0.4, -0.2) is 32.8 Å². The van der Waals surface area contributed by atoms with Gasteiger partial charge in [0, 0.05) is 17.6 Å². The number of sulfonamides is 1. The summed E-state index contributed by atoms with van der Waals surface area (Å²) in [6, 6.07) is 8.83. The van der Waals surface area contributed by atoms with Crippen LogP contribution in [0.5, 0.6) is 5.75 Å². The summed E-state index contributed by atoms with van der Waals surface area (Å²) in [5.41, 5.74) is 0.351. The van der Waals surface area contributed by atoms with E-state index in [4.69, 9.17) is 21.5 Å². The first kappa shape index (κ1) is 22.6. The Morgan fingerprint density at radius 3 is 2.57 bits per heavy atom. The summed E-state index contributed by atoms with van der Waals surface area (Å²) >= 11 is 6.06. The van der Waals surface area contributed by atoms with Gasteiger partial charge in [-0.3, -0.25) is 0 Å². The molecule has 6 nitrogen and oxygen atoms in total. The monoisotopic (exact) mass is 430 g/mol. The zero-order chi connectivity index (χ0) is 21.1. The lowest BCUT2D eigenvalue weighted by Gasteiger charge is -2.29. The highest BCUT2D eigenvalue weighted by Gasteiger charge is 2.26. The number of halogens is 2. The lowest BCUT2D eigenvalue weighted by molar-refractivity contribution is 0.0985. The van der Waals surface area contributed by atoms with Crippen LogP contribution in [0.2, 0.25) is 5.02 Å². The van der Waals surface area contributed by atoms with Crippen LogP contribution in [0.1, 0.15) is 25.0 Å². The van der Waals surface area contributed by atoms with Gasteiger partial charge < -0.3 is 15.2 Å². The van der Waals surface area contributed by atoms with Gasteiger partial charge in [-0.15, -0.1) is 0 Å². The number of primary sulfonamides is 1. The maximum Gasteiger partial charge on any atom is 0.238 e. The van der Waals surface area contributed by atoms with E-state index in [1.165, 1.54) is 12.1 Å².